The Labute approximate surface area is 201 Å². The van der Waals surface area contributed by atoms with Gasteiger partial charge in [0.15, 0.2) is 14.6 Å². The van der Waals surface area contributed by atoms with Crippen molar-refractivity contribution in [2.75, 3.05) is 13.2 Å². The number of rotatable bonds is 8. The molecule has 0 spiro atoms. The zero-order valence-electron chi connectivity index (χ0n) is 19.1. The molecule has 35 heavy (non-hydrogen) atoms. The van der Waals surface area contributed by atoms with Gasteiger partial charge in [0.1, 0.15) is 0 Å². The summed E-state index contributed by atoms with van der Waals surface area (Å²) in [6.07, 6.45) is -0.994. The first kappa shape index (κ1) is 26.8. The van der Waals surface area contributed by atoms with E-state index in [0.29, 0.717) is 5.69 Å². The SMILES string of the molecule is CCCCCc1ccc(-c2ccc(S(=O)(=O)C3(C(=O)OC(=O)C(F)(F)F)CCOCC3)cn2)cc1. The number of aromatic nitrogens is 1. The molecule has 190 valence electrons. The topological polar surface area (TPSA) is 99.6 Å². The van der Waals surface area contributed by atoms with E-state index in [-0.39, 0.29) is 18.1 Å². The van der Waals surface area contributed by atoms with E-state index in [2.05, 4.69) is 16.6 Å². The van der Waals surface area contributed by atoms with E-state index in [1.54, 1.807) is 0 Å². The average molecular weight is 514 g/mol. The summed E-state index contributed by atoms with van der Waals surface area (Å²) in [6, 6.07) is 10.4. The van der Waals surface area contributed by atoms with Crippen LogP contribution >= 0.6 is 0 Å². The predicted molar refractivity (Wildman–Crippen MR) is 120 cm³/mol. The number of hydrogen-bond donors (Lipinski definition) is 0. The third-order valence-electron chi connectivity index (χ3n) is 5.97. The van der Waals surface area contributed by atoms with Crippen molar-refractivity contribution in [3.05, 3.63) is 48.2 Å². The van der Waals surface area contributed by atoms with Gasteiger partial charge in [0.2, 0.25) is 0 Å². The second-order valence-electron chi connectivity index (χ2n) is 8.32. The van der Waals surface area contributed by atoms with Gasteiger partial charge in [-0.05, 0) is 30.5 Å². The molecule has 1 aliphatic rings. The van der Waals surface area contributed by atoms with Gasteiger partial charge in [-0.3, -0.25) is 4.98 Å². The minimum Gasteiger partial charge on any atom is -0.385 e. The summed E-state index contributed by atoms with van der Waals surface area (Å²) in [7, 11) is -4.57. The Morgan fingerprint density at radius 2 is 1.71 bits per heavy atom. The van der Waals surface area contributed by atoms with Gasteiger partial charge in [-0.1, -0.05) is 44.0 Å². The highest BCUT2D eigenvalue weighted by atomic mass is 32.2. The lowest BCUT2D eigenvalue weighted by Gasteiger charge is -2.33. The van der Waals surface area contributed by atoms with Crippen LogP contribution in [0.15, 0.2) is 47.5 Å². The van der Waals surface area contributed by atoms with Crippen LogP contribution in [0.4, 0.5) is 13.2 Å². The van der Waals surface area contributed by atoms with Crippen molar-refractivity contribution in [2.45, 2.75) is 61.3 Å². The monoisotopic (exact) mass is 513 g/mol. The number of aryl methyl sites for hydroxylation is 1. The Hall–Kier alpha value is -2.79. The molecular formula is C24H26F3NO6S. The van der Waals surface area contributed by atoms with Crippen molar-refractivity contribution >= 4 is 21.8 Å². The quantitative estimate of drug-likeness (QED) is 0.292. The number of hydrogen-bond acceptors (Lipinski definition) is 7. The van der Waals surface area contributed by atoms with Crippen LogP contribution in [-0.4, -0.2) is 49.5 Å². The summed E-state index contributed by atoms with van der Waals surface area (Å²) in [5.41, 5.74) is 2.42. The zero-order valence-corrected chi connectivity index (χ0v) is 20.0. The molecule has 0 aliphatic carbocycles. The lowest BCUT2D eigenvalue weighted by atomic mass is 9.99. The molecule has 3 rings (SSSR count). The molecule has 0 saturated carbocycles. The average Bonchev–Trinajstić information content (AvgIpc) is 2.84. The lowest BCUT2D eigenvalue weighted by Crippen LogP contribution is -2.52. The molecule has 0 radical (unpaired) electrons. The number of ether oxygens (including phenoxy) is 2. The third kappa shape index (κ3) is 5.90. The molecule has 2 heterocycles. The minimum absolute atomic E-state index is 0.204. The van der Waals surface area contributed by atoms with Crippen LogP contribution in [0.25, 0.3) is 11.3 Å². The highest BCUT2D eigenvalue weighted by molar-refractivity contribution is 7.93. The summed E-state index contributed by atoms with van der Waals surface area (Å²) in [5, 5.41) is 0. The maximum Gasteiger partial charge on any atom is 0.491 e. The first-order chi connectivity index (χ1) is 16.5. The van der Waals surface area contributed by atoms with Crippen molar-refractivity contribution in [1.29, 1.82) is 0 Å². The van der Waals surface area contributed by atoms with Gasteiger partial charge >= 0.3 is 18.1 Å². The summed E-state index contributed by atoms with van der Waals surface area (Å²) in [6.45, 7) is 1.73. The molecule has 1 aromatic carbocycles. The number of pyridine rings is 1. The summed E-state index contributed by atoms with van der Waals surface area (Å²) >= 11 is 0. The summed E-state index contributed by atoms with van der Waals surface area (Å²) < 4.78 is 71.3. The number of sulfone groups is 1. The van der Waals surface area contributed by atoms with Crippen molar-refractivity contribution in [3.8, 4) is 11.3 Å². The first-order valence-electron chi connectivity index (χ1n) is 11.2. The zero-order chi connectivity index (χ0) is 25.7. The molecule has 11 heteroatoms. The highest BCUT2D eigenvalue weighted by Crippen LogP contribution is 2.37. The number of nitrogens with zero attached hydrogens (tertiary/aromatic N) is 1. The molecule has 1 saturated heterocycles. The highest BCUT2D eigenvalue weighted by Gasteiger charge is 2.56. The fourth-order valence-corrected chi connectivity index (χ4v) is 5.73. The van der Waals surface area contributed by atoms with Crippen LogP contribution < -0.4 is 0 Å². The first-order valence-corrected chi connectivity index (χ1v) is 12.7. The van der Waals surface area contributed by atoms with Gasteiger partial charge < -0.3 is 9.47 Å². The molecule has 1 fully saturated rings. The molecule has 7 nitrogen and oxygen atoms in total. The molecule has 0 amide bonds. The molecule has 0 bridgehead atoms. The molecule has 1 aliphatic heterocycles. The van der Waals surface area contributed by atoms with Gasteiger partial charge in [0.25, 0.3) is 0 Å². The van der Waals surface area contributed by atoms with Gasteiger partial charge in [-0.25, -0.2) is 18.0 Å². The Bertz CT molecular complexity index is 1140. The smallest absolute Gasteiger partial charge is 0.385 e. The standard InChI is InChI=1S/C24H26F3NO6S/c1-2-3-4-5-17-6-8-18(9-7-17)20-11-10-19(16-28-20)35(31,32)23(12-14-33-15-13-23)21(29)34-22(30)24(25,26)27/h6-11,16H,2-5,12-15H2,1H3. The van der Waals surface area contributed by atoms with Crippen molar-refractivity contribution in [2.24, 2.45) is 0 Å². The number of halogens is 3. The van der Waals surface area contributed by atoms with Crippen LogP contribution in [0.1, 0.15) is 44.6 Å². The predicted octanol–water partition coefficient (Wildman–Crippen LogP) is 4.44. The van der Waals surface area contributed by atoms with Gasteiger partial charge in [-0.2, -0.15) is 13.2 Å². The van der Waals surface area contributed by atoms with E-state index < -0.39 is 45.5 Å². The van der Waals surface area contributed by atoms with Gasteiger partial charge in [0.05, 0.1) is 10.6 Å². The largest absolute Gasteiger partial charge is 0.491 e. The summed E-state index contributed by atoms with van der Waals surface area (Å²) in [4.78, 5) is 27.7. The summed E-state index contributed by atoms with van der Waals surface area (Å²) in [5.74, 6) is -4.54. The Morgan fingerprint density at radius 3 is 2.26 bits per heavy atom. The number of unbranched alkanes of at least 4 members (excludes halogenated alkanes) is 2. The van der Waals surface area contributed by atoms with E-state index in [4.69, 9.17) is 4.74 Å². The van der Waals surface area contributed by atoms with Crippen LogP contribution in [-0.2, 0) is 35.3 Å². The van der Waals surface area contributed by atoms with Crippen LogP contribution in [0, 0.1) is 0 Å². The Kier molecular flexibility index (Phi) is 8.32. The molecule has 0 atom stereocenters. The van der Waals surface area contributed by atoms with Crippen LogP contribution in [0.3, 0.4) is 0 Å². The van der Waals surface area contributed by atoms with Crippen molar-refractivity contribution in [3.63, 3.8) is 0 Å². The van der Waals surface area contributed by atoms with Crippen LogP contribution in [0.2, 0.25) is 0 Å². The molecular weight excluding hydrogens is 487 g/mol. The molecule has 0 unspecified atom stereocenters. The Balaban J connectivity index is 1.85. The van der Waals surface area contributed by atoms with Crippen molar-refractivity contribution in [1.82, 2.24) is 4.98 Å². The maximum absolute atomic E-state index is 13.4. The van der Waals surface area contributed by atoms with E-state index in [0.717, 1.165) is 37.4 Å². The van der Waals surface area contributed by atoms with E-state index in [1.807, 2.05) is 24.3 Å². The van der Waals surface area contributed by atoms with Crippen molar-refractivity contribution < 1.29 is 40.7 Å². The second kappa shape index (κ2) is 10.9. The number of carbonyl (C=O) groups is 2. The van der Waals surface area contributed by atoms with E-state index in [1.165, 1.54) is 17.7 Å². The number of alkyl halides is 3. The number of benzene rings is 1. The lowest BCUT2D eigenvalue weighted by molar-refractivity contribution is -0.203. The van der Waals surface area contributed by atoms with E-state index in [9.17, 15) is 31.2 Å². The third-order valence-corrected chi connectivity index (χ3v) is 8.43. The molecule has 1 aromatic heterocycles. The maximum atomic E-state index is 13.4. The molecule has 0 N–H and O–H groups in total. The number of esters is 2. The fraction of sp³-hybridized carbons (Fsp3) is 0.458. The second-order valence-corrected chi connectivity index (χ2v) is 10.6. The minimum atomic E-state index is -5.44. The van der Waals surface area contributed by atoms with E-state index >= 15 is 0 Å². The number of carbonyl (C=O) groups excluding carboxylic acids is 2. The molecule has 2 aromatic rings. The van der Waals surface area contributed by atoms with Gasteiger partial charge in [0, 0.05) is 37.8 Å². The normalized spacial score (nSPS) is 16.0. The fourth-order valence-electron chi connectivity index (χ4n) is 3.88. The van der Waals surface area contributed by atoms with Crippen LogP contribution in [0.5, 0.6) is 0 Å². The van der Waals surface area contributed by atoms with Gasteiger partial charge in [-0.15, -0.1) is 0 Å². The Morgan fingerprint density at radius 1 is 1.06 bits per heavy atom.